The van der Waals surface area contributed by atoms with Crippen LogP contribution in [0.25, 0.3) is 0 Å². The van der Waals surface area contributed by atoms with Gasteiger partial charge in [0.2, 0.25) is 0 Å². The molecule has 4 atom stereocenters. The van der Waals surface area contributed by atoms with Gasteiger partial charge in [0, 0.05) is 0 Å². The first-order valence-electron chi connectivity index (χ1n) is 16.6. The van der Waals surface area contributed by atoms with E-state index in [1.165, 1.54) is 79.3 Å². The first kappa shape index (κ1) is 28.6. The van der Waals surface area contributed by atoms with Crippen LogP contribution in [0.1, 0.15) is 68.1 Å². The van der Waals surface area contributed by atoms with E-state index in [1.54, 1.807) is 5.57 Å². The molecule has 3 aliphatic rings. The van der Waals surface area contributed by atoms with Crippen LogP contribution in [0.5, 0.6) is 0 Å². The van der Waals surface area contributed by atoms with Crippen LogP contribution in [0.15, 0.2) is 133 Å². The van der Waals surface area contributed by atoms with Crippen LogP contribution in [0, 0.1) is 23.7 Å². The zero-order valence-electron chi connectivity index (χ0n) is 25.3. The number of allylic oxidation sites excluding steroid dienone is 2. The summed E-state index contributed by atoms with van der Waals surface area (Å²) in [4.78, 5) is 0. The third-order valence-corrected chi connectivity index (χ3v) is 12.0. The average molecular weight is 581 g/mol. The zero-order valence-corrected chi connectivity index (χ0v) is 26.3. The Morgan fingerprint density at radius 1 is 0.651 bits per heavy atom. The number of hydrogen-bond acceptors (Lipinski definition) is 1. The molecule has 4 aromatic carbocycles. The molecule has 0 aromatic heterocycles. The average Bonchev–Trinajstić information content (AvgIpc) is 3.63. The Morgan fingerprint density at radius 3 is 1.74 bits per heavy atom. The predicted octanol–water partition coefficient (Wildman–Crippen LogP) is 9.36. The molecule has 3 aliphatic carbocycles. The van der Waals surface area contributed by atoms with Crippen LogP contribution >= 0.6 is 0 Å². The van der Waals surface area contributed by atoms with Crippen molar-refractivity contribution in [2.75, 3.05) is 0 Å². The van der Waals surface area contributed by atoms with Crippen molar-refractivity contribution >= 4 is 14.7 Å². The van der Waals surface area contributed by atoms with E-state index < -0.39 is 5.60 Å². The molecule has 4 aromatic rings. The van der Waals surface area contributed by atoms with Crippen molar-refractivity contribution in [1.82, 2.24) is 0 Å². The minimum absolute atomic E-state index is 0.207. The van der Waals surface area contributed by atoms with Crippen molar-refractivity contribution in [2.45, 2.75) is 69.1 Å². The number of ether oxygens (including phenoxy) is 1. The summed E-state index contributed by atoms with van der Waals surface area (Å²) in [6, 6.07) is 45.4. The van der Waals surface area contributed by atoms with E-state index in [1.807, 2.05) is 0 Å². The Labute approximate surface area is 261 Å². The standard InChI is InChI=1S/C41H44OSi/c1-6-16-31(17-7-1)28-32-26-27-38-39(32)29-33(30-43-37-24-14-5-15-25-37)40(38)42-41(34-18-8-2-9-19-34,35-20-10-3-11-21-35)36-22-12-4-13-23-36/h2-5,8-15,18-25,28,31,33,38-40H,1,6-7,16-17,26-27,29-30H2/b32-28+/t33-,38-,39-,40-/m0/s1. The van der Waals surface area contributed by atoms with E-state index in [2.05, 4.69) is 127 Å². The van der Waals surface area contributed by atoms with Crippen molar-refractivity contribution in [1.29, 1.82) is 0 Å². The fourth-order valence-electron chi connectivity index (χ4n) is 8.45. The topological polar surface area (TPSA) is 9.23 Å². The maximum Gasteiger partial charge on any atom is 0.144 e. The molecule has 3 saturated carbocycles. The van der Waals surface area contributed by atoms with E-state index in [4.69, 9.17) is 4.74 Å². The first-order chi connectivity index (χ1) is 21.3. The number of hydrogen-bond donors (Lipinski definition) is 0. The van der Waals surface area contributed by atoms with Gasteiger partial charge < -0.3 is 4.74 Å². The second-order valence-corrected chi connectivity index (χ2v) is 14.4. The highest BCUT2D eigenvalue weighted by molar-refractivity contribution is 6.53. The lowest BCUT2D eigenvalue weighted by atomic mass is 9.79. The highest BCUT2D eigenvalue weighted by Gasteiger charge is 2.52. The minimum Gasteiger partial charge on any atom is -0.357 e. The fraction of sp³-hybridized carbons (Fsp3) is 0.366. The van der Waals surface area contributed by atoms with E-state index in [0.29, 0.717) is 17.8 Å². The van der Waals surface area contributed by atoms with Crippen LogP contribution < -0.4 is 5.19 Å². The van der Waals surface area contributed by atoms with Crippen molar-refractivity contribution in [2.24, 2.45) is 23.7 Å². The second kappa shape index (κ2) is 13.2. The molecule has 2 radical (unpaired) electrons. The van der Waals surface area contributed by atoms with Gasteiger partial charge in [0.25, 0.3) is 0 Å². The number of benzene rings is 4. The summed E-state index contributed by atoms with van der Waals surface area (Å²) in [7, 11) is 0.813. The minimum atomic E-state index is -0.659. The molecule has 43 heavy (non-hydrogen) atoms. The van der Waals surface area contributed by atoms with Gasteiger partial charge in [0.05, 0.1) is 15.6 Å². The van der Waals surface area contributed by atoms with Crippen LogP contribution in [-0.4, -0.2) is 15.6 Å². The Bertz CT molecular complexity index is 1360. The molecule has 3 fully saturated rings. The summed E-state index contributed by atoms with van der Waals surface area (Å²) in [6.07, 6.45) is 13.7. The van der Waals surface area contributed by atoms with E-state index in [-0.39, 0.29) is 6.10 Å². The van der Waals surface area contributed by atoms with Gasteiger partial charge >= 0.3 is 0 Å². The monoisotopic (exact) mass is 580 g/mol. The van der Waals surface area contributed by atoms with Gasteiger partial charge in [0.1, 0.15) is 5.60 Å². The summed E-state index contributed by atoms with van der Waals surface area (Å²) in [5.74, 6) is 2.58. The lowest BCUT2D eigenvalue weighted by Gasteiger charge is -2.41. The molecular formula is C41H44OSi. The molecule has 0 amide bonds. The molecule has 0 aliphatic heterocycles. The molecule has 1 nitrogen and oxygen atoms in total. The summed E-state index contributed by atoms with van der Waals surface area (Å²) in [5, 5.41) is 1.47. The lowest BCUT2D eigenvalue weighted by Crippen LogP contribution is -2.41. The highest BCUT2D eigenvalue weighted by Crippen LogP contribution is 2.55. The maximum atomic E-state index is 7.89. The third kappa shape index (κ3) is 5.97. The van der Waals surface area contributed by atoms with Crippen molar-refractivity contribution in [3.8, 4) is 0 Å². The first-order valence-corrected chi connectivity index (χ1v) is 17.9. The van der Waals surface area contributed by atoms with Crippen molar-refractivity contribution in [3.05, 3.63) is 150 Å². The molecule has 218 valence electrons. The van der Waals surface area contributed by atoms with Gasteiger partial charge in [-0.05, 0) is 72.5 Å². The molecular weight excluding hydrogens is 537 g/mol. The third-order valence-electron chi connectivity index (χ3n) is 10.5. The molecule has 7 rings (SSSR count). The van der Waals surface area contributed by atoms with E-state index in [0.717, 1.165) is 15.4 Å². The van der Waals surface area contributed by atoms with Crippen molar-refractivity contribution < 1.29 is 4.74 Å². The Hall–Kier alpha value is -3.20. The summed E-state index contributed by atoms with van der Waals surface area (Å²) in [6.45, 7) is 0. The zero-order chi connectivity index (χ0) is 28.9. The molecule has 2 heteroatoms. The number of rotatable bonds is 9. The van der Waals surface area contributed by atoms with Crippen LogP contribution in [0.2, 0.25) is 6.04 Å². The van der Waals surface area contributed by atoms with Crippen LogP contribution in [0.3, 0.4) is 0 Å². The van der Waals surface area contributed by atoms with E-state index in [9.17, 15) is 0 Å². The predicted molar refractivity (Wildman–Crippen MR) is 180 cm³/mol. The Balaban J connectivity index is 1.30. The summed E-state index contributed by atoms with van der Waals surface area (Å²) in [5.41, 5.74) is 4.76. The van der Waals surface area contributed by atoms with Gasteiger partial charge in [-0.15, -0.1) is 0 Å². The van der Waals surface area contributed by atoms with Gasteiger partial charge in [-0.25, -0.2) is 0 Å². The van der Waals surface area contributed by atoms with Crippen LogP contribution in [0.4, 0.5) is 0 Å². The van der Waals surface area contributed by atoms with Gasteiger partial charge in [-0.2, -0.15) is 0 Å². The Morgan fingerprint density at radius 2 is 1.19 bits per heavy atom. The van der Waals surface area contributed by atoms with Crippen LogP contribution in [-0.2, 0) is 10.3 Å². The van der Waals surface area contributed by atoms with Crippen molar-refractivity contribution in [3.63, 3.8) is 0 Å². The summed E-state index contributed by atoms with van der Waals surface area (Å²) >= 11 is 0. The molecule has 0 heterocycles. The summed E-state index contributed by atoms with van der Waals surface area (Å²) < 4.78 is 7.89. The second-order valence-electron chi connectivity index (χ2n) is 13.1. The van der Waals surface area contributed by atoms with E-state index >= 15 is 0 Å². The molecule has 0 bridgehead atoms. The smallest absolute Gasteiger partial charge is 0.144 e. The maximum absolute atomic E-state index is 7.89. The largest absolute Gasteiger partial charge is 0.357 e. The SMILES string of the molecule is C(=C1/CC[C@@H]2[C@@H](OC(c3ccccc3)(c3ccccc3)c3ccccc3)[C@H](C[Si]c3ccccc3)C[C@@H]12)/C1CCCCC1. The van der Waals surface area contributed by atoms with Gasteiger partial charge in [-0.1, -0.05) is 163 Å². The molecule has 0 N–H and O–H groups in total. The number of fused-ring (bicyclic) bond motifs is 1. The van der Waals surface area contributed by atoms with Gasteiger partial charge in [-0.3, -0.25) is 0 Å². The van der Waals surface area contributed by atoms with Gasteiger partial charge in [0.15, 0.2) is 0 Å². The quantitative estimate of drug-likeness (QED) is 0.109. The molecule has 0 saturated heterocycles. The fourth-order valence-corrected chi connectivity index (χ4v) is 9.77. The normalized spacial score (nSPS) is 25.2. The lowest BCUT2D eigenvalue weighted by molar-refractivity contribution is -0.0820. The highest BCUT2D eigenvalue weighted by atomic mass is 28.2. The Kier molecular flexibility index (Phi) is 8.77. The molecule has 0 unspecified atom stereocenters. The molecule has 0 spiro atoms.